The summed E-state index contributed by atoms with van der Waals surface area (Å²) < 4.78 is 11.0. The summed E-state index contributed by atoms with van der Waals surface area (Å²) in [5, 5.41) is 16.1. The number of nitrogens with one attached hydrogen (secondary N) is 3. The number of nitrogens with zero attached hydrogens (tertiary/aromatic N) is 1. The van der Waals surface area contributed by atoms with Gasteiger partial charge in [0.05, 0.1) is 30.0 Å². The molecule has 5 aromatic rings. The monoisotopic (exact) mass is 436 g/mol. The number of carbonyl (C=O) groups excluding carboxylic acids is 1. The summed E-state index contributed by atoms with van der Waals surface area (Å²) in [5.74, 6) is 1.68. The number of hydrogen-bond acceptors (Lipinski definition) is 5. The lowest BCUT2D eigenvalue weighted by molar-refractivity contribution is -0.118. The third kappa shape index (κ3) is 2.50. The number of amides is 1. The van der Waals surface area contributed by atoms with E-state index in [4.69, 9.17) is 9.15 Å². The first kappa shape index (κ1) is 18.3. The molecule has 162 valence electrons. The summed E-state index contributed by atoms with van der Waals surface area (Å²) in [7, 11) is 1.65. The van der Waals surface area contributed by atoms with Crippen molar-refractivity contribution in [3.05, 3.63) is 78.1 Å². The van der Waals surface area contributed by atoms with Crippen LogP contribution < -0.4 is 15.4 Å². The second-order valence-corrected chi connectivity index (χ2v) is 8.74. The van der Waals surface area contributed by atoms with Gasteiger partial charge in [0.15, 0.2) is 11.4 Å². The molecular formula is C26H20N4O3. The van der Waals surface area contributed by atoms with Crippen molar-refractivity contribution in [1.29, 1.82) is 0 Å². The number of carbonyl (C=O) groups is 1. The van der Waals surface area contributed by atoms with Crippen LogP contribution >= 0.6 is 0 Å². The minimum atomic E-state index is -0.520. The lowest BCUT2D eigenvalue weighted by Crippen LogP contribution is -2.21. The maximum Gasteiger partial charge on any atom is 0.235 e. The number of furan rings is 1. The molecule has 2 atom stereocenters. The molecule has 1 spiro atoms. The fraction of sp³-hybridized carbons (Fsp3) is 0.154. The number of para-hydroxylation sites is 1. The summed E-state index contributed by atoms with van der Waals surface area (Å²) >= 11 is 0. The zero-order valence-corrected chi connectivity index (χ0v) is 17.8. The van der Waals surface area contributed by atoms with Gasteiger partial charge in [0.2, 0.25) is 5.91 Å². The Balaban J connectivity index is 1.23. The van der Waals surface area contributed by atoms with Gasteiger partial charge < -0.3 is 19.8 Å². The van der Waals surface area contributed by atoms with Crippen LogP contribution in [0.25, 0.3) is 21.9 Å². The number of aromatic nitrogens is 2. The summed E-state index contributed by atoms with van der Waals surface area (Å²) in [6, 6.07) is 20.0. The van der Waals surface area contributed by atoms with Crippen molar-refractivity contribution in [3.8, 4) is 5.75 Å². The van der Waals surface area contributed by atoms with Crippen LogP contribution in [0.1, 0.15) is 23.5 Å². The summed E-state index contributed by atoms with van der Waals surface area (Å²) in [4.78, 5) is 13.0. The Morgan fingerprint density at radius 2 is 2.09 bits per heavy atom. The molecule has 2 aliphatic rings. The van der Waals surface area contributed by atoms with Gasteiger partial charge in [-0.2, -0.15) is 5.10 Å². The number of anilines is 3. The Hall–Kier alpha value is -4.26. The molecule has 7 heteroatoms. The van der Waals surface area contributed by atoms with E-state index < -0.39 is 5.41 Å². The fourth-order valence-electron chi connectivity index (χ4n) is 5.27. The van der Waals surface area contributed by atoms with Gasteiger partial charge in [0, 0.05) is 22.4 Å². The number of hydrogen-bond donors (Lipinski definition) is 3. The molecule has 0 unspecified atom stereocenters. The second kappa shape index (κ2) is 6.38. The normalized spacial score (nSPS) is 20.9. The fourth-order valence-corrected chi connectivity index (χ4v) is 5.27. The van der Waals surface area contributed by atoms with E-state index >= 15 is 0 Å². The van der Waals surface area contributed by atoms with Crippen LogP contribution in [0.15, 0.2) is 71.3 Å². The van der Waals surface area contributed by atoms with Crippen molar-refractivity contribution in [2.24, 2.45) is 0 Å². The highest BCUT2D eigenvalue weighted by Gasteiger charge is 2.65. The molecule has 7 rings (SSSR count). The van der Waals surface area contributed by atoms with Gasteiger partial charge in [-0.3, -0.25) is 9.89 Å². The minimum Gasteiger partial charge on any atom is -0.497 e. The first-order valence-corrected chi connectivity index (χ1v) is 10.9. The third-order valence-electron chi connectivity index (χ3n) is 7.04. The van der Waals surface area contributed by atoms with E-state index in [2.05, 4.69) is 39.0 Å². The number of H-pyrrole nitrogens is 1. The lowest BCUT2D eigenvalue weighted by Gasteiger charge is -2.10. The highest BCUT2D eigenvalue weighted by molar-refractivity contribution is 6.10. The molecule has 1 aliphatic carbocycles. The average molecular weight is 436 g/mol. The van der Waals surface area contributed by atoms with Crippen molar-refractivity contribution in [3.63, 3.8) is 0 Å². The molecule has 33 heavy (non-hydrogen) atoms. The Morgan fingerprint density at radius 1 is 1.15 bits per heavy atom. The number of methoxy groups -OCH3 is 1. The smallest absolute Gasteiger partial charge is 0.235 e. The van der Waals surface area contributed by atoms with E-state index in [1.54, 1.807) is 13.4 Å². The van der Waals surface area contributed by atoms with Gasteiger partial charge in [-0.05, 0) is 60.0 Å². The van der Waals surface area contributed by atoms with Crippen LogP contribution in [-0.2, 0) is 10.2 Å². The van der Waals surface area contributed by atoms with Crippen LogP contribution in [0.4, 0.5) is 17.2 Å². The maximum atomic E-state index is 13.0. The predicted octanol–water partition coefficient (Wildman–Crippen LogP) is 5.44. The number of benzene rings is 3. The van der Waals surface area contributed by atoms with Crippen molar-refractivity contribution >= 4 is 45.0 Å². The molecule has 1 saturated carbocycles. The standard InChI is InChI=1S/C26H20N4O3/c1-32-16-6-8-20-18(12-16)26(25(31)28-20)13-19(26)15-5-7-17-22(11-15)29-30-24(17)27-21-4-2-3-14-9-10-33-23(14)21/h2-12,19H,13H2,1H3,(H,28,31)(H2,27,29,30)/t19-,26-/m0/s1. The van der Waals surface area contributed by atoms with Crippen LogP contribution in [0, 0.1) is 0 Å². The van der Waals surface area contributed by atoms with Crippen molar-refractivity contribution < 1.29 is 13.9 Å². The van der Waals surface area contributed by atoms with Gasteiger partial charge in [-0.15, -0.1) is 0 Å². The Kier molecular flexibility index (Phi) is 3.55. The Bertz CT molecular complexity index is 1580. The topological polar surface area (TPSA) is 92.2 Å². The number of aromatic amines is 1. The highest BCUT2D eigenvalue weighted by Crippen LogP contribution is 2.65. The van der Waals surface area contributed by atoms with Crippen LogP contribution in [0.5, 0.6) is 5.75 Å². The molecule has 2 aromatic heterocycles. The molecule has 1 aliphatic heterocycles. The SMILES string of the molecule is COc1ccc2c(c1)[C@]1(C[C@H]1c1ccc3c(Nc4cccc5ccoc45)n[nH]c3c1)C(=O)N2. The summed E-state index contributed by atoms with van der Waals surface area (Å²) in [6.07, 6.45) is 2.47. The lowest BCUT2D eigenvalue weighted by atomic mass is 9.91. The Morgan fingerprint density at radius 3 is 3.00 bits per heavy atom. The van der Waals surface area contributed by atoms with Crippen LogP contribution in [0.2, 0.25) is 0 Å². The average Bonchev–Trinajstić information content (AvgIpc) is 3.08. The van der Waals surface area contributed by atoms with E-state index in [1.165, 1.54) is 0 Å². The number of ether oxygens (including phenoxy) is 1. The minimum absolute atomic E-state index is 0.0642. The zero-order chi connectivity index (χ0) is 22.2. The number of rotatable bonds is 4. The molecule has 3 N–H and O–H groups in total. The van der Waals surface area contributed by atoms with E-state index in [0.717, 1.165) is 62.4 Å². The predicted molar refractivity (Wildman–Crippen MR) is 126 cm³/mol. The molecule has 0 radical (unpaired) electrons. The van der Waals surface area contributed by atoms with E-state index in [9.17, 15) is 4.79 Å². The van der Waals surface area contributed by atoms with E-state index in [1.807, 2.05) is 42.5 Å². The van der Waals surface area contributed by atoms with Crippen molar-refractivity contribution in [2.75, 3.05) is 17.7 Å². The van der Waals surface area contributed by atoms with E-state index in [-0.39, 0.29) is 11.8 Å². The molecule has 1 amide bonds. The molecule has 3 aromatic carbocycles. The molecule has 1 fully saturated rings. The van der Waals surface area contributed by atoms with Gasteiger partial charge >= 0.3 is 0 Å². The highest BCUT2D eigenvalue weighted by atomic mass is 16.5. The third-order valence-corrected chi connectivity index (χ3v) is 7.04. The van der Waals surface area contributed by atoms with Gasteiger partial charge in [-0.1, -0.05) is 18.2 Å². The van der Waals surface area contributed by atoms with Crippen molar-refractivity contribution in [1.82, 2.24) is 10.2 Å². The zero-order valence-electron chi connectivity index (χ0n) is 17.8. The molecule has 3 heterocycles. The number of fused-ring (bicyclic) bond motifs is 4. The molecule has 0 saturated heterocycles. The van der Waals surface area contributed by atoms with Crippen molar-refractivity contribution in [2.45, 2.75) is 17.8 Å². The van der Waals surface area contributed by atoms with Gasteiger partial charge in [0.1, 0.15) is 5.75 Å². The van der Waals surface area contributed by atoms with Crippen LogP contribution in [0.3, 0.4) is 0 Å². The van der Waals surface area contributed by atoms with Crippen LogP contribution in [-0.4, -0.2) is 23.2 Å². The second-order valence-electron chi connectivity index (χ2n) is 8.74. The molecular weight excluding hydrogens is 416 g/mol. The Labute approximate surface area is 188 Å². The quantitative estimate of drug-likeness (QED) is 0.349. The molecule has 0 bridgehead atoms. The largest absolute Gasteiger partial charge is 0.497 e. The van der Waals surface area contributed by atoms with E-state index in [0.29, 0.717) is 0 Å². The first-order valence-electron chi connectivity index (χ1n) is 10.9. The van der Waals surface area contributed by atoms with Gasteiger partial charge in [0.25, 0.3) is 0 Å². The maximum absolute atomic E-state index is 13.0. The summed E-state index contributed by atoms with van der Waals surface area (Å²) in [5.41, 5.74) is 5.09. The summed E-state index contributed by atoms with van der Waals surface area (Å²) in [6.45, 7) is 0. The van der Waals surface area contributed by atoms with Gasteiger partial charge in [-0.25, -0.2) is 0 Å². The molecule has 7 nitrogen and oxygen atoms in total. The first-order chi connectivity index (χ1) is 16.2.